The first kappa shape index (κ1) is 69.8. The van der Waals surface area contributed by atoms with Crippen LogP contribution in [0.5, 0.6) is 0 Å². The second-order valence-corrected chi connectivity index (χ2v) is 19.7. The highest BCUT2D eigenvalue weighted by atomic mass is 16.6. The van der Waals surface area contributed by atoms with Gasteiger partial charge in [-0.3, -0.25) is 9.59 Å². The minimum atomic E-state index is -0.786. The second-order valence-electron chi connectivity index (χ2n) is 19.7. The number of hydrogen-bond acceptors (Lipinski definition) is 5. The van der Waals surface area contributed by atoms with Crippen molar-refractivity contribution in [2.75, 3.05) is 13.2 Å². The van der Waals surface area contributed by atoms with Gasteiger partial charge in [-0.2, -0.15) is 0 Å². The summed E-state index contributed by atoms with van der Waals surface area (Å²) >= 11 is 0. The van der Waals surface area contributed by atoms with E-state index in [1.165, 1.54) is 116 Å². The van der Waals surface area contributed by atoms with E-state index in [0.717, 1.165) is 116 Å². The summed E-state index contributed by atoms with van der Waals surface area (Å²) < 4.78 is 10.7. The van der Waals surface area contributed by atoms with Crippen molar-refractivity contribution < 1.29 is 24.2 Å². The average molecular weight is 1020 g/mol. The molecule has 0 aromatic carbocycles. The molecule has 0 saturated heterocycles. The first-order valence-corrected chi connectivity index (χ1v) is 30.4. The van der Waals surface area contributed by atoms with Crippen LogP contribution in [-0.4, -0.2) is 36.4 Å². The van der Waals surface area contributed by atoms with Crippen LogP contribution in [0.4, 0.5) is 0 Å². The number of unbranched alkanes of at least 4 members (excludes halogenated alkanes) is 22. The summed E-state index contributed by atoms with van der Waals surface area (Å²) in [7, 11) is 0. The Morgan fingerprint density at radius 1 is 0.311 bits per heavy atom. The van der Waals surface area contributed by atoms with Gasteiger partial charge >= 0.3 is 11.9 Å². The molecule has 0 aromatic rings. The molecule has 0 amide bonds. The molecule has 0 fully saturated rings. The molecule has 0 aromatic heterocycles. The molecule has 0 bridgehead atoms. The number of aliphatic hydroxyl groups is 1. The molecule has 0 radical (unpaired) electrons. The van der Waals surface area contributed by atoms with Crippen LogP contribution in [0.15, 0.2) is 146 Å². The monoisotopic (exact) mass is 1020 g/mol. The summed E-state index contributed by atoms with van der Waals surface area (Å²) in [5.74, 6) is -0.602. The van der Waals surface area contributed by atoms with Crippen LogP contribution in [0.2, 0.25) is 0 Å². The van der Waals surface area contributed by atoms with Gasteiger partial charge in [-0.05, 0) is 116 Å². The van der Waals surface area contributed by atoms with Crippen molar-refractivity contribution >= 4 is 11.9 Å². The second kappa shape index (κ2) is 63.1. The van der Waals surface area contributed by atoms with Gasteiger partial charge < -0.3 is 14.6 Å². The molecule has 1 N–H and O–H groups in total. The van der Waals surface area contributed by atoms with Crippen molar-refractivity contribution in [2.45, 2.75) is 264 Å². The summed E-state index contributed by atoms with van der Waals surface area (Å²) in [6, 6.07) is 0. The van der Waals surface area contributed by atoms with Gasteiger partial charge in [-0.25, -0.2) is 0 Å². The molecular weight excluding hydrogens is 909 g/mol. The van der Waals surface area contributed by atoms with Gasteiger partial charge in [0.1, 0.15) is 6.61 Å². The Morgan fingerprint density at radius 2 is 0.541 bits per heavy atom. The van der Waals surface area contributed by atoms with E-state index in [-0.39, 0.29) is 25.2 Å². The lowest BCUT2D eigenvalue weighted by Crippen LogP contribution is -2.28. The van der Waals surface area contributed by atoms with Crippen LogP contribution in [0.1, 0.15) is 258 Å². The first-order chi connectivity index (χ1) is 36.6. The number of rotatable bonds is 54. The fourth-order valence-electron chi connectivity index (χ4n) is 8.15. The van der Waals surface area contributed by atoms with E-state index in [4.69, 9.17) is 9.47 Å². The third-order valence-electron chi connectivity index (χ3n) is 12.6. The maximum Gasteiger partial charge on any atom is 0.306 e. The number of aliphatic hydroxyl groups excluding tert-OH is 1. The highest BCUT2D eigenvalue weighted by molar-refractivity contribution is 5.70. The number of hydrogen-bond donors (Lipinski definition) is 1. The van der Waals surface area contributed by atoms with Crippen LogP contribution < -0.4 is 0 Å². The molecule has 0 aliphatic rings. The van der Waals surface area contributed by atoms with E-state index in [0.29, 0.717) is 12.8 Å². The van der Waals surface area contributed by atoms with Crippen molar-refractivity contribution in [3.05, 3.63) is 146 Å². The van der Waals surface area contributed by atoms with E-state index in [1.807, 2.05) is 0 Å². The molecule has 0 spiro atoms. The Hall–Kier alpha value is -4.22. The highest BCUT2D eigenvalue weighted by Gasteiger charge is 2.16. The maximum atomic E-state index is 12.3. The van der Waals surface area contributed by atoms with E-state index < -0.39 is 6.10 Å². The normalized spacial score (nSPS) is 13.3. The standard InChI is InChI=1S/C69H112O5/c1-3-5-7-9-11-13-15-17-19-21-23-25-27-29-31-32-33-34-35-36-38-40-42-44-46-48-50-52-54-56-58-60-62-64-69(72)74-67(65-70)66-73-68(71)63-61-59-57-55-53-51-49-47-45-43-41-39-37-30-28-26-24-22-20-18-16-14-12-10-8-6-4-2/h5-8,11-14,17-20,23-26,29-31,33-34,36-38,67,70H,3-4,9-10,15-16,21-22,27-28,32,35,39-66H2,1-2H3/b7-5-,8-6-,13-11-,14-12-,19-17-,20-18-,25-23-,26-24-,31-29-,34-33-,37-30-,38-36-. The third-order valence-corrected chi connectivity index (χ3v) is 12.6. The number of carbonyl (C=O) groups is 2. The zero-order valence-electron chi connectivity index (χ0n) is 47.8. The number of allylic oxidation sites excluding steroid dienone is 24. The fourth-order valence-corrected chi connectivity index (χ4v) is 8.15. The minimum absolute atomic E-state index is 0.0762. The molecule has 0 aliphatic carbocycles. The molecule has 1 atom stereocenters. The lowest BCUT2D eigenvalue weighted by molar-refractivity contribution is -0.161. The molecule has 0 heterocycles. The Labute approximate surface area is 457 Å². The maximum absolute atomic E-state index is 12.3. The quantitative estimate of drug-likeness (QED) is 0.0373. The molecule has 418 valence electrons. The average Bonchev–Trinajstić information content (AvgIpc) is 3.40. The van der Waals surface area contributed by atoms with Crippen LogP contribution >= 0.6 is 0 Å². The lowest BCUT2D eigenvalue weighted by Gasteiger charge is -2.15. The summed E-state index contributed by atoms with van der Waals surface area (Å²) in [6.45, 7) is 3.91. The predicted molar refractivity (Wildman–Crippen MR) is 324 cm³/mol. The van der Waals surface area contributed by atoms with Gasteiger partial charge in [0.05, 0.1) is 6.61 Å². The Bertz CT molecular complexity index is 1580. The third kappa shape index (κ3) is 60.3. The molecule has 1 unspecified atom stereocenters. The molecule has 5 heteroatoms. The SMILES string of the molecule is CC/C=C\C/C=C\C/C=C\C/C=C\C/C=C\C/C=C\C/C=C\CCCCCCCCCCCCCC(=O)OC(CO)COC(=O)CCCCCCCCCCCCC/C=C\C/C=C\C/C=C\C/C=C\C/C=C\CC. The highest BCUT2D eigenvalue weighted by Crippen LogP contribution is 2.15. The summed E-state index contributed by atoms with van der Waals surface area (Å²) in [5, 5.41) is 9.68. The Kier molecular flexibility index (Phi) is 59.5. The smallest absolute Gasteiger partial charge is 0.306 e. The topological polar surface area (TPSA) is 72.8 Å². The van der Waals surface area contributed by atoms with E-state index >= 15 is 0 Å². The minimum Gasteiger partial charge on any atom is -0.462 e. The summed E-state index contributed by atoms with van der Waals surface area (Å²) in [6.07, 6.45) is 95.4. The number of carbonyl (C=O) groups excluding carboxylic acids is 2. The first-order valence-electron chi connectivity index (χ1n) is 30.4. The van der Waals surface area contributed by atoms with Gasteiger partial charge in [0.2, 0.25) is 0 Å². The van der Waals surface area contributed by atoms with Gasteiger partial charge in [0, 0.05) is 12.8 Å². The zero-order valence-corrected chi connectivity index (χ0v) is 47.8. The summed E-state index contributed by atoms with van der Waals surface area (Å²) in [5.41, 5.74) is 0. The molecule has 0 aliphatic heterocycles. The van der Waals surface area contributed by atoms with Crippen molar-refractivity contribution in [2.24, 2.45) is 0 Å². The molecule has 0 saturated carbocycles. The molecular formula is C69H112O5. The van der Waals surface area contributed by atoms with Crippen molar-refractivity contribution in [3.63, 3.8) is 0 Å². The van der Waals surface area contributed by atoms with Crippen molar-refractivity contribution in [1.82, 2.24) is 0 Å². The molecule has 0 rings (SSSR count). The lowest BCUT2D eigenvalue weighted by atomic mass is 10.0. The van der Waals surface area contributed by atoms with Crippen LogP contribution in [0.25, 0.3) is 0 Å². The Morgan fingerprint density at radius 3 is 0.811 bits per heavy atom. The number of esters is 2. The van der Waals surface area contributed by atoms with Gasteiger partial charge in [0.25, 0.3) is 0 Å². The van der Waals surface area contributed by atoms with Gasteiger partial charge in [0.15, 0.2) is 6.10 Å². The fraction of sp³-hybridized carbons (Fsp3) is 0.623. The zero-order chi connectivity index (χ0) is 53.4. The van der Waals surface area contributed by atoms with E-state index in [9.17, 15) is 14.7 Å². The van der Waals surface area contributed by atoms with Crippen LogP contribution in [0, 0.1) is 0 Å². The molecule has 74 heavy (non-hydrogen) atoms. The van der Waals surface area contributed by atoms with Crippen LogP contribution in [-0.2, 0) is 19.1 Å². The van der Waals surface area contributed by atoms with Gasteiger partial charge in [-0.15, -0.1) is 0 Å². The van der Waals surface area contributed by atoms with Crippen molar-refractivity contribution in [3.8, 4) is 0 Å². The Balaban J connectivity index is 3.55. The largest absolute Gasteiger partial charge is 0.462 e. The summed E-state index contributed by atoms with van der Waals surface area (Å²) in [4.78, 5) is 24.6. The van der Waals surface area contributed by atoms with Crippen molar-refractivity contribution in [1.29, 1.82) is 0 Å². The van der Waals surface area contributed by atoms with Gasteiger partial charge in [-0.1, -0.05) is 275 Å². The van der Waals surface area contributed by atoms with Crippen LogP contribution in [0.3, 0.4) is 0 Å². The molecule has 5 nitrogen and oxygen atoms in total. The van der Waals surface area contributed by atoms with E-state index in [2.05, 4.69) is 160 Å². The predicted octanol–water partition coefficient (Wildman–Crippen LogP) is 21.0. The van der Waals surface area contributed by atoms with E-state index in [1.54, 1.807) is 0 Å². The number of ether oxygens (including phenoxy) is 2.